The second-order valence-electron chi connectivity index (χ2n) is 34.1. The molecule has 0 radical (unpaired) electrons. The SMILES string of the molecule is CC1(C)c2ccccc2-c2cc3c4c(c21)N(c1ccccc1)c1c2c(cc5c1P4(=O)c1c(c4c6c(c1N5c1ccccc1)N(c1ccccc1)c1cc5c(c7c1P6(=O)c1c(cc6c(c1N7c1ccccc1)C(C)(C)c1ccccc1-6)N4c1ccccc1)C(C)(C)c1ccccc1-5)N3c1ccccc1)-c1ccccc1C2(C)C. The Morgan fingerprint density at radius 1 is 0.196 bits per heavy atom. The Morgan fingerprint density at radius 3 is 0.580 bits per heavy atom. The first-order valence-electron chi connectivity index (χ1n) is 39.3. The van der Waals surface area contributed by atoms with Gasteiger partial charge in [0.1, 0.15) is 0 Å². The minimum atomic E-state index is -4.51. The second kappa shape index (κ2) is 21.0. The van der Waals surface area contributed by atoms with Gasteiger partial charge in [0.15, 0.2) is 14.3 Å². The van der Waals surface area contributed by atoms with Crippen molar-refractivity contribution in [3.63, 3.8) is 0 Å². The maximum atomic E-state index is 21.2. The molecule has 10 heteroatoms. The summed E-state index contributed by atoms with van der Waals surface area (Å²) in [6, 6.07) is 111. The Kier molecular flexibility index (Phi) is 11.9. The van der Waals surface area contributed by atoms with Crippen LogP contribution in [0.1, 0.15) is 99.9 Å². The van der Waals surface area contributed by atoms with E-state index in [2.05, 4.69) is 388 Å². The van der Waals surface area contributed by atoms with Crippen LogP contribution >= 0.6 is 14.3 Å². The van der Waals surface area contributed by atoms with Crippen molar-refractivity contribution in [1.29, 1.82) is 0 Å². The molecule has 15 aromatic carbocycles. The van der Waals surface area contributed by atoms with E-state index >= 15 is 9.13 Å². The van der Waals surface area contributed by atoms with Crippen LogP contribution < -0.4 is 61.2 Å². The van der Waals surface area contributed by atoms with Crippen molar-refractivity contribution in [2.24, 2.45) is 0 Å². The fraction of sp³-hybridized carbons (Fsp3) is 0.118. The van der Waals surface area contributed by atoms with E-state index in [9.17, 15) is 0 Å². The first-order valence-corrected chi connectivity index (χ1v) is 42.7. The maximum absolute atomic E-state index is 21.2. The quantitative estimate of drug-likeness (QED) is 0.153. The number of fused-ring (bicyclic) bond motifs is 18. The van der Waals surface area contributed by atoms with Crippen LogP contribution in [-0.4, -0.2) is 0 Å². The van der Waals surface area contributed by atoms with Crippen molar-refractivity contribution in [2.75, 3.05) is 29.4 Å². The third-order valence-corrected chi connectivity index (χ3v) is 33.5. The van der Waals surface area contributed by atoms with Gasteiger partial charge in [0.05, 0.1) is 100 Å². The summed E-state index contributed by atoms with van der Waals surface area (Å²) < 4.78 is 42.4. The molecule has 4 aliphatic carbocycles. The van der Waals surface area contributed by atoms with Crippen molar-refractivity contribution in [3.8, 4) is 44.5 Å². The standard InChI is InChI=1S/C102H74N6O2P2/c1-99(2)73-51-31-27-47-65(73)69-55-77-93-85(81(69)99)107(63-43-23-13-24-44-63)86-82-70(66-48-28-32-52-74(66)100(82,3)4)56-78-94(86)111(93,109)97-89(103(77)59-35-15-9-16-36-59)91-98-92(90(97)104(78)60-37-17-10-18-38-60)106(62-41-21-12-22-42-62)80-58-72-68-50-30-34-54-76(68)102(7,8)84(72)88-96(80)112(98,110)95-79(105(91)61-39-19-11-20-40-61)57-71-67-49-29-33-53-75(67)101(5,6)83(71)87(95)108(88)64-45-25-14-26-46-64/h9-58H,1-8H3. The minimum Gasteiger partial charge on any atom is -0.308 e. The van der Waals surface area contributed by atoms with Gasteiger partial charge in [-0.2, -0.15) is 0 Å². The summed E-state index contributed by atoms with van der Waals surface area (Å²) in [7, 11) is -9.01. The highest BCUT2D eigenvalue weighted by Gasteiger charge is 2.67. The average Bonchev–Trinajstić information content (AvgIpc) is 0.869. The zero-order valence-corrected chi connectivity index (χ0v) is 65.1. The minimum absolute atomic E-state index is 0.611. The van der Waals surface area contributed by atoms with E-state index in [1.165, 1.54) is 22.3 Å². The molecule has 0 unspecified atom stereocenters. The van der Waals surface area contributed by atoms with Crippen LogP contribution in [-0.2, 0) is 30.8 Å². The zero-order valence-electron chi connectivity index (χ0n) is 63.3. The van der Waals surface area contributed by atoms with E-state index in [4.69, 9.17) is 0 Å². The molecule has 0 aromatic heterocycles. The molecular formula is C102H74N6O2P2. The largest absolute Gasteiger partial charge is 0.308 e. The smallest absolute Gasteiger partial charge is 0.183 e. The van der Waals surface area contributed by atoms with Gasteiger partial charge < -0.3 is 38.5 Å². The molecule has 0 N–H and O–H groups in total. The van der Waals surface area contributed by atoms with Crippen molar-refractivity contribution in [1.82, 2.24) is 0 Å². The normalized spacial score (nSPS) is 17.3. The Hall–Kier alpha value is -12.4. The lowest BCUT2D eigenvalue weighted by Gasteiger charge is -2.57. The molecule has 0 atom stereocenters. The Morgan fingerprint density at radius 2 is 0.375 bits per heavy atom. The van der Waals surface area contributed by atoms with Gasteiger partial charge in [-0.1, -0.05) is 262 Å². The highest BCUT2D eigenvalue weighted by molar-refractivity contribution is 7.88. The molecule has 534 valence electrons. The molecular weight excluding hydrogens is 1400 g/mol. The van der Waals surface area contributed by atoms with Gasteiger partial charge in [-0.25, -0.2) is 0 Å². The summed E-state index contributed by atoms with van der Waals surface area (Å²) in [5, 5.41) is 4.58. The number of para-hydroxylation sites is 6. The van der Waals surface area contributed by atoms with E-state index in [1.807, 2.05) is 0 Å². The number of nitrogens with zero attached hydrogens (tertiary/aromatic N) is 6. The highest BCUT2D eigenvalue weighted by atomic mass is 31.2. The topological polar surface area (TPSA) is 53.6 Å². The van der Waals surface area contributed by atoms with Crippen LogP contribution in [0.3, 0.4) is 0 Å². The summed E-state index contributed by atoms with van der Waals surface area (Å²) in [6.45, 7) is 19.2. The van der Waals surface area contributed by atoms with Gasteiger partial charge in [0, 0.05) is 55.8 Å². The monoisotopic (exact) mass is 1480 g/mol. The van der Waals surface area contributed by atoms with Gasteiger partial charge in [0.25, 0.3) is 0 Å². The molecule has 6 aliphatic heterocycles. The van der Waals surface area contributed by atoms with Crippen LogP contribution in [0.2, 0.25) is 0 Å². The zero-order chi connectivity index (χ0) is 74.9. The van der Waals surface area contributed by atoms with Crippen LogP contribution in [0.5, 0.6) is 0 Å². The second-order valence-corrected chi connectivity index (χ2v) is 39.2. The molecule has 0 bridgehead atoms. The summed E-state index contributed by atoms with van der Waals surface area (Å²) >= 11 is 0. The van der Waals surface area contributed by atoms with Gasteiger partial charge in [-0.05, 0) is 186 Å². The fourth-order valence-corrected chi connectivity index (χ4v) is 30.2. The first kappa shape index (κ1) is 63.3. The molecule has 0 saturated heterocycles. The lowest BCUT2D eigenvalue weighted by atomic mass is 9.79. The first-order chi connectivity index (χ1) is 54.5. The molecule has 0 saturated carbocycles. The van der Waals surface area contributed by atoms with Crippen molar-refractivity contribution in [2.45, 2.75) is 77.0 Å². The summed E-state index contributed by atoms with van der Waals surface area (Å²) in [6.07, 6.45) is 0. The van der Waals surface area contributed by atoms with Crippen LogP contribution in [0, 0.1) is 0 Å². The maximum Gasteiger partial charge on any atom is 0.183 e. The van der Waals surface area contributed by atoms with Crippen molar-refractivity contribution in [3.05, 3.63) is 348 Å². The summed E-state index contributed by atoms with van der Waals surface area (Å²) in [5.41, 5.74) is 31.5. The molecule has 8 nitrogen and oxygen atoms in total. The van der Waals surface area contributed by atoms with E-state index in [0.717, 1.165) is 190 Å². The van der Waals surface area contributed by atoms with Gasteiger partial charge in [0.2, 0.25) is 0 Å². The van der Waals surface area contributed by atoms with E-state index in [0.29, 0.717) is 10.6 Å². The predicted molar refractivity (Wildman–Crippen MR) is 465 cm³/mol. The van der Waals surface area contributed by atoms with Crippen molar-refractivity contribution >= 4 is 148 Å². The molecule has 0 amide bonds. The Balaban J connectivity index is 0.985. The van der Waals surface area contributed by atoms with Gasteiger partial charge in [-0.15, -0.1) is 0 Å². The van der Waals surface area contributed by atoms with Crippen LogP contribution in [0.25, 0.3) is 44.5 Å². The third kappa shape index (κ3) is 7.20. The number of hydrogen-bond acceptors (Lipinski definition) is 8. The predicted octanol–water partition coefficient (Wildman–Crippen LogP) is 24.9. The highest BCUT2D eigenvalue weighted by Crippen LogP contribution is 2.79. The number of hydrogen-bond donors (Lipinski definition) is 0. The third-order valence-electron chi connectivity index (χ3n) is 27.2. The number of rotatable bonds is 6. The Labute approximate surface area is 652 Å². The molecule has 10 aliphatic rings. The van der Waals surface area contributed by atoms with E-state index in [-0.39, 0.29) is 0 Å². The van der Waals surface area contributed by atoms with Crippen LogP contribution in [0.4, 0.5) is 102 Å². The van der Waals surface area contributed by atoms with E-state index in [1.54, 1.807) is 0 Å². The van der Waals surface area contributed by atoms with E-state index < -0.39 is 35.9 Å². The molecule has 0 spiro atoms. The van der Waals surface area contributed by atoms with Crippen LogP contribution in [0.15, 0.2) is 303 Å². The Bertz CT molecular complexity index is 6190. The molecule has 0 fully saturated rings. The van der Waals surface area contributed by atoms with Gasteiger partial charge in [-0.3, -0.25) is 0 Å². The lowest BCUT2D eigenvalue weighted by molar-refractivity contribution is 0.590. The molecule has 6 heterocycles. The molecule has 25 rings (SSSR count). The number of benzene rings is 15. The fourth-order valence-electron chi connectivity index (χ4n) is 22.9. The molecule has 112 heavy (non-hydrogen) atoms. The van der Waals surface area contributed by atoms with Gasteiger partial charge >= 0.3 is 0 Å². The lowest BCUT2D eigenvalue weighted by Crippen LogP contribution is -2.54. The molecule has 15 aromatic rings. The average molecular weight is 1480 g/mol. The summed E-state index contributed by atoms with van der Waals surface area (Å²) in [5.74, 6) is 0. The number of anilines is 18. The summed E-state index contributed by atoms with van der Waals surface area (Å²) in [4.78, 5) is 15.2. The van der Waals surface area contributed by atoms with Crippen molar-refractivity contribution < 1.29 is 9.13 Å².